The standard InChI is InChI=1S/C11H5ClF2N4/c12-8-4-5-9-15-16-11(18(9)17-8)10-6(13)2-1-3-7(10)14/h1-5H. The lowest BCUT2D eigenvalue weighted by Gasteiger charge is -2.02. The van der Waals surface area contributed by atoms with E-state index in [4.69, 9.17) is 11.6 Å². The van der Waals surface area contributed by atoms with Crippen LogP contribution in [0.4, 0.5) is 8.78 Å². The second-order valence-electron chi connectivity index (χ2n) is 3.55. The predicted molar refractivity (Wildman–Crippen MR) is 61.1 cm³/mol. The maximum Gasteiger partial charge on any atom is 0.191 e. The quantitative estimate of drug-likeness (QED) is 0.680. The molecule has 18 heavy (non-hydrogen) atoms. The van der Waals surface area contributed by atoms with Crippen molar-refractivity contribution in [3.05, 3.63) is 47.1 Å². The van der Waals surface area contributed by atoms with Gasteiger partial charge in [0.15, 0.2) is 11.5 Å². The van der Waals surface area contributed by atoms with Crippen LogP contribution in [0.3, 0.4) is 0 Å². The van der Waals surface area contributed by atoms with Gasteiger partial charge in [0.1, 0.15) is 16.8 Å². The number of nitrogens with zero attached hydrogens (tertiary/aromatic N) is 4. The van der Waals surface area contributed by atoms with Gasteiger partial charge < -0.3 is 0 Å². The number of rotatable bonds is 1. The van der Waals surface area contributed by atoms with Crippen LogP contribution >= 0.6 is 11.6 Å². The molecule has 0 radical (unpaired) electrons. The third-order valence-corrected chi connectivity index (χ3v) is 2.62. The molecule has 0 N–H and O–H groups in total. The molecule has 0 saturated carbocycles. The third-order valence-electron chi connectivity index (χ3n) is 2.42. The maximum absolute atomic E-state index is 13.7. The van der Waals surface area contributed by atoms with Crippen molar-refractivity contribution in [2.24, 2.45) is 0 Å². The molecule has 2 heterocycles. The first kappa shape index (κ1) is 11.0. The molecular formula is C11H5ClF2N4. The predicted octanol–water partition coefficient (Wildman–Crippen LogP) is 2.72. The summed E-state index contributed by atoms with van der Waals surface area (Å²) in [5.74, 6) is -1.49. The molecule has 3 rings (SSSR count). The molecule has 0 spiro atoms. The monoisotopic (exact) mass is 266 g/mol. The summed E-state index contributed by atoms with van der Waals surface area (Å²) in [5.41, 5.74) is 0.0804. The molecule has 0 fully saturated rings. The van der Waals surface area contributed by atoms with E-state index in [0.717, 1.165) is 12.1 Å². The average Bonchev–Trinajstić information content (AvgIpc) is 2.72. The van der Waals surface area contributed by atoms with Crippen molar-refractivity contribution in [2.75, 3.05) is 0 Å². The van der Waals surface area contributed by atoms with E-state index in [2.05, 4.69) is 15.3 Å². The van der Waals surface area contributed by atoms with Crippen LogP contribution in [0.5, 0.6) is 0 Å². The molecule has 0 aliphatic carbocycles. The van der Waals surface area contributed by atoms with E-state index < -0.39 is 11.6 Å². The Labute approximate surface area is 105 Å². The van der Waals surface area contributed by atoms with Crippen molar-refractivity contribution in [3.8, 4) is 11.4 Å². The molecule has 2 aromatic heterocycles. The molecular weight excluding hydrogens is 262 g/mol. The third kappa shape index (κ3) is 1.62. The maximum atomic E-state index is 13.7. The van der Waals surface area contributed by atoms with Crippen LogP contribution in [-0.2, 0) is 0 Å². The van der Waals surface area contributed by atoms with Gasteiger partial charge in [0, 0.05) is 0 Å². The van der Waals surface area contributed by atoms with Gasteiger partial charge in [-0.25, -0.2) is 8.78 Å². The highest BCUT2D eigenvalue weighted by atomic mass is 35.5. The van der Waals surface area contributed by atoms with Crippen LogP contribution in [0.1, 0.15) is 0 Å². The highest BCUT2D eigenvalue weighted by Crippen LogP contribution is 2.24. The zero-order valence-corrected chi connectivity index (χ0v) is 9.57. The molecule has 4 nitrogen and oxygen atoms in total. The number of hydrogen-bond donors (Lipinski definition) is 0. The summed E-state index contributed by atoms with van der Waals surface area (Å²) in [6.07, 6.45) is 0. The molecule has 1 aromatic carbocycles. The van der Waals surface area contributed by atoms with Crippen LogP contribution in [0.2, 0.25) is 5.15 Å². The van der Waals surface area contributed by atoms with Crippen LogP contribution < -0.4 is 0 Å². The number of fused-ring (bicyclic) bond motifs is 1. The SMILES string of the molecule is Fc1cccc(F)c1-c1nnc2ccc(Cl)nn12. The molecule has 7 heteroatoms. The van der Waals surface area contributed by atoms with Crippen molar-refractivity contribution in [3.63, 3.8) is 0 Å². The molecule has 0 unspecified atom stereocenters. The first-order valence-corrected chi connectivity index (χ1v) is 5.37. The van der Waals surface area contributed by atoms with Crippen LogP contribution in [0, 0.1) is 11.6 Å². The van der Waals surface area contributed by atoms with Crippen molar-refractivity contribution >= 4 is 17.2 Å². The van der Waals surface area contributed by atoms with E-state index in [-0.39, 0.29) is 16.5 Å². The second kappa shape index (κ2) is 3.99. The van der Waals surface area contributed by atoms with Gasteiger partial charge in [0.05, 0.1) is 5.56 Å². The van der Waals surface area contributed by atoms with Gasteiger partial charge in [0.2, 0.25) is 0 Å². The zero-order chi connectivity index (χ0) is 12.7. The summed E-state index contributed by atoms with van der Waals surface area (Å²) in [5, 5.41) is 11.6. The Morgan fingerprint density at radius 3 is 2.44 bits per heavy atom. The molecule has 0 aliphatic rings. The minimum absolute atomic E-state index is 0.0249. The summed E-state index contributed by atoms with van der Waals surface area (Å²) < 4.78 is 28.5. The van der Waals surface area contributed by atoms with E-state index in [9.17, 15) is 8.78 Å². The minimum atomic E-state index is -0.730. The first-order valence-electron chi connectivity index (χ1n) is 4.99. The normalized spacial score (nSPS) is 11.1. The van der Waals surface area contributed by atoms with E-state index >= 15 is 0 Å². The van der Waals surface area contributed by atoms with Gasteiger partial charge in [-0.2, -0.15) is 9.61 Å². The van der Waals surface area contributed by atoms with E-state index in [0.29, 0.717) is 5.65 Å². The average molecular weight is 267 g/mol. The molecule has 3 aromatic rings. The van der Waals surface area contributed by atoms with E-state index in [1.807, 2.05) is 0 Å². The first-order chi connectivity index (χ1) is 8.66. The van der Waals surface area contributed by atoms with Gasteiger partial charge in [-0.3, -0.25) is 0 Å². The molecule has 0 saturated heterocycles. The van der Waals surface area contributed by atoms with Gasteiger partial charge >= 0.3 is 0 Å². The molecule has 0 atom stereocenters. The number of hydrogen-bond acceptors (Lipinski definition) is 3. The fourth-order valence-electron chi connectivity index (χ4n) is 1.63. The summed E-state index contributed by atoms with van der Waals surface area (Å²) in [6, 6.07) is 6.64. The second-order valence-corrected chi connectivity index (χ2v) is 3.93. The highest BCUT2D eigenvalue weighted by Gasteiger charge is 2.17. The summed E-state index contributed by atoms with van der Waals surface area (Å²) in [6.45, 7) is 0. The van der Waals surface area contributed by atoms with E-state index in [1.54, 1.807) is 6.07 Å². The minimum Gasteiger partial charge on any atom is -0.206 e. The number of benzene rings is 1. The van der Waals surface area contributed by atoms with Crippen LogP contribution in [0.15, 0.2) is 30.3 Å². The Hall–Kier alpha value is -2.08. The summed E-state index contributed by atoms with van der Waals surface area (Å²) >= 11 is 5.74. The zero-order valence-electron chi connectivity index (χ0n) is 8.81. The largest absolute Gasteiger partial charge is 0.206 e. The smallest absolute Gasteiger partial charge is 0.191 e. The molecule has 0 amide bonds. The Morgan fingerprint density at radius 2 is 1.72 bits per heavy atom. The van der Waals surface area contributed by atoms with Crippen molar-refractivity contribution in [1.82, 2.24) is 19.8 Å². The number of halogens is 3. The van der Waals surface area contributed by atoms with Crippen molar-refractivity contribution < 1.29 is 8.78 Å². The van der Waals surface area contributed by atoms with Crippen molar-refractivity contribution in [2.45, 2.75) is 0 Å². The number of aromatic nitrogens is 4. The fourth-order valence-corrected chi connectivity index (χ4v) is 1.77. The van der Waals surface area contributed by atoms with Gasteiger partial charge in [0.25, 0.3) is 0 Å². The Balaban J connectivity index is 2.35. The Bertz CT molecular complexity index is 721. The van der Waals surface area contributed by atoms with Crippen LogP contribution in [0.25, 0.3) is 17.0 Å². The lowest BCUT2D eigenvalue weighted by molar-refractivity contribution is 0.586. The summed E-state index contributed by atoms with van der Waals surface area (Å²) in [4.78, 5) is 0. The fraction of sp³-hybridized carbons (Fsp3) is 0. The van der Waals surface area contributed by atoms with Crippen LogP contribution in [-0.4, -0.2) is 19.8 Å². The van der Waals surface area contributed by atoms with Gasteiger partial charge in [-0.1, -0.05) is 17.7 Å². The van der Waals surface area contributed by atoms with E-state index in [1.165, 1.54) is 16.6 Å². The highest BCUT2D eigenvalue weighted by molar-refractivity contribution is 6.29. The molecule has 0 aliphatic heterocycles. The van der Waals surface area contributed by atoms with Gasteiger partial charge in [-0.05, 0) is 24.3 Å². The molecule has 0 bridgehead atoms. The van der Waals surface area contributed by atoms with Gasteiger partial charge in [-0.15, -0.1) is 10.2 Å². The lowest BCUT2D eigenvalue weighted by Crippen LogP contribution is -1.98. The van der Waals surface area contributed by atoms with Crippen molar-refractivity contribution in [1.29, 1.82) is 0 Å². The Morgan fingerprint density at radius 1 is 1.00 bits per heavy atom. The lowest BCUT2D eigenvalue weighted by atomic mass is 10.2. The summed E-state index contributed by atoms with van der Waals surface area (Å²) in [7, 11) is 0. The Kier molecular flexibility index (Phi) is 2.45. The molecule has 90 valence electrons. The topological polar surface area (TPSA) is 43.1 Å².